The number of nitrogens with one attached hydrogen (secondary N) is 1. The zero-order chi connectivity index (χ0) is 14.8. The Labute approximate surface area is 119 Å². The molecule has 7 heteroatoms. The highest BCUT2D eigenvalue weighted by molar-refractivity contribution is 5.98. The Morgan fingerprint density at radius 2 is 2.10 bits per heavy atom. The molecule has 3 aromatic rings. The maximum atomic E-state index is 11.4. The first-order chi connectivity index (χ1) is 10.2. The molecule has 0 saturated carbocycles. The largest absolute Gasteiger partial charge is 0.367 e. The molecule has 0 fully saturated rings. The minimum atomic E-state index is -0.471. The summed E-state index contributed by atoms with van der Waals surface area (Å²) in [5.74, 6) is 0.191. The van der Waals surface area contributed by atoms with Gasteiger partial charge in [-0.2, -0.15) is 0 Å². The van der Waals surface area contributed by atoms with Crippen LogP contribution in [0.1, 0.15) is 0 Å². The van der Waals surface area contributed by atoms with Gasteiger partial charge in [0, 0.05) is 30.4 Å². The SMILES string of the molecule is CNc1ncnc(-c2cccc3cnccc23)c1[N+](=O)[O-]. The fourth-order valence-electron chi connectivity index (χ4n) is 2.26. The summed E-state index contributed by atoms with van der Waals surface area (Å²) in [6.07, 6.45) is 4.68. The maximum absolute atomic E-state index is 11.4. The third-order valence-electron chi connectivity index (χ3n) is 3.18. The molecule has 3 rings (SSSR count). The molecule has 1 N–H and O–H groups in total. The second kappa shape index (κ2) is 5.12. The molecule has 0 aliphatic heterocycles. The van der Waals surface area contributed by atoms with Crippen molar-refractivity contribution in [1.82, 2.24) is 15.0 Å². The number of anilines is 1. The summed E-state index contributed by atoms with van der Waals surface area (Å²) >= 11 is 0. The summed E-state index contributed by atoms with van der Waals surface area (Å²) < 4.78 is 0. The predicted octanol–water partition coefficient (Wildman–Crippen LogP) is 2.64. The molecule has 0 amide bonds. The molecule has 2 heterocycles. The maximum Gasteiger partial charge on any atom is 0.337 e. The molecule has 0 aliphatic carbocycles. The Morgan fingerprint density at radius 3 is 2.86 bits per heavy atom. The number of benzene rings is 1. The van der Waals surface area contributed by atoms with E-state index in [4.69, 9.17) is 0 Å². The molecular formula is C14H11N5O2. The predicted molar refractivity (Wildman–Crippen MR) is 79.0 cm³/mol. The molecule has 0 saturated heterocycles. The first-order valence-electron chi connectivity index (χ1n) is 6.22. The summed E-state index contributed by atoms with van der Waals surface area (Å²) in [4.78, 5) is 23.0. The lowest BCUT2D eigenvalue weighted by Crippen LogP contribution is -2.03. The Kier molecular flexibility index (Phi) is 3.15. The molecule has 7 nitrogen and oxygen atoms in total. The minimum absolute atomic E-state index is 0.135. The van der Waals surface area contributed by atoms with Gasteiger partial charge in [-0.05, 0) is 11.5 Å². The summed E-state index contributed by atoms with van der Waals surface area (Å²) in [6.45, 7) is 0. The first-order valence-corrected chi connectivity index (χ1v) is 6.22. The molecule has 0 radical (unpaired) electrons. The summed E-state index contributed by atoms with van der Waals surface area (Å²) in [7, 11) is 1.59. The van der Waals surface area contributed by atoms with Gasteiger partial charge in [0.1, 0.15) is 6.33 Å². The highest BCUT2D eigenvalue weighted by Crippen LogP contribution is 2.35. The molecule has 0 spiro atoms. The lowest BCUT2D eigenvalue weighted by atomic mass is 10.0. The monoisotopic (exact) mass is 281 g/mol. The van der Waals surface area contributed by atoms with Crippen LogP contribution in [-0.4, -0.2) is 26.9 Å². The number of rotatable bonds is 3. The van der Waals surface area contributed by atoms with Crippen molar-refractivity contribution in [3.8, 4) is 11.3 Å². The van der Waals surface area contributed by atoms with Crippen molar-refractivity contribution in [3.63, 3.8) is 0 Å². The van der Waals surface area contributed by atoms with Gasteiger partial charge in [0.05, 0.1) is 4.92 Å². The van der Waals surface area contributed by atoms with Crippen LogP contribution < -0.4 is 5.32 Å². The Bertz CT molecular complexity index is 829. The van der Waals surface area contributed by atoms with Crippen LogP contribution in [0.5, 0.6) is 0 Å². The smallest absolute Gasteiger partial charge is 0.337 e. The van der Waals surface area contributed by atoms with Gasteiger partial charge in [0.15, 0.2) is 5.69 Å². The summed E-state index contributed by atoms with van der Waals surface area (Å²) in [5.41, 5.74) is 0.834. The topological polar surface area (TPSA) is 93.8 Å². The fourth-order valence-corrected chi connectivity index (χ4v) is 2.26. The number of nitrogens with zero attached hydrogens (tertiary/aromatic N) is 4. The number of fused-ring (bicyclic) bond motifs is 1. The Balaban J connectivity index is 2.36. The van der Waals surface area contributed by atoms with E-state index in [0.29, 0.717) is 5.56 Å². The lowest BCUT2D eigenvalue weighted by molar-refractivity contribution is -0.383. The van der Waals surface area contributed by atoms with Crippen LogP contribution in [0.15, 0.2) is 43.0 Å². The van der Waals surface area contributed by atoms with Crippen molar-refractivity contribution in [2.75, 3.05) is 12.4 Å². The van der Waals surface area contributed by atoms with E-state index in [9.17, 15) is 10.1 Å². The second-order valence-corrected chi connectivity index (χ2v) is 4.33. The molecule has 0 atom stereocenters. The van der Waals surface area contributed by atoms with Crippen LogP contribution in [0.3, 0.4) is 0 Å². The Morgan fingerprint density at radius 1 is 1.24 bits per heavy atom. The van der Waals surface area contributed by atoms with E-state index in [0.717, 1.165) is 10.8 Å². The molecule has 2 aromatic heterocycles. The highest BCUT2D eigenvalue weighted by atomic mass is 16.6. The van der Waals surface area contributed by atoms with Crippen molar-refractivity contribution >= 4 is 22.3 Å². The standard InChI is InChI=1S/C14H11N5O2/c1-15-14-13(19(20)21)12(17-8-18-14)11-4-2-3-9-7-16-6-5-10(9)11/h2-8H,1H3,(H,15,17,18). The van der Waals surface area contributed by atoms with E-state index in [1.807, 2.05) is 18.2 Å². The fraction of sp³-hybridized carbons (Fsp3) is 0.0714. The van der Waals surface area contributed by atoms with Crippen LogP contribution in [0.2, 0.25) is 0 Å². The number of pyridine rings is 1. The van der Waals surface area contributed by atoms with Gasteiger partial charge in [-0.1, -0.05) is 18.2 Å². The van der Waals surface area contributed by atoms with Crippen molar-refractivity contribution in [3.05, 3.63) is 53.1 Å². The number of aromatic nitrogens is 3. The molecule has 21 heavy (non-hydrogen) atoms. The van der Waals surface area contributed by atoms with E-state index in [-0.39, 0.29) is 17.2 Å². The van der Waals surface area contributed by atoms with Gasteiger partial charge in [-0.25, -0.2) is 9.97 Å². The average Bonchev–Trinajstić information content (AvgIpc) is 2.53. The number of nitro groups is 1. The second-order valence-electron chi connectivity index (χ2n) is 4.33. The number of hydrogen-bond acceptors (Lipinski definition) is 6. The van der Waals surface area contributed by atoms with Gasteiger partial charge in [0.25, 0.3) is 0 Å². The van der Waals surface area contributed by atoms with Crippen molar-refractivity contribution < 1.29 is 4.92 Å². The lowest BCUT2D eigenvalue weighted by Gasteiger charge is -2.08. The van der Waals surface area contributed by atoms with Crippen molar-refractivity contribution in [2.45, 2.75) is 0 Å². The van der Waals surface area contributed by atoms with Crippen LogP contribution >= 0.6 is 0 Å². The summed E-state index contributed by atoms with van der Waals surface area (Å²) in [6, 6.07) is 7.34. The highest BCUT2D eigenvalue weighted by Gasteiger charge is 2.24. The van der Waals surface area contributed by atoms with Gasteiger partial charge in [-0.15, -0.1) is 0 Å². The third-order valence-corrected chi connectivity index (χ3v) is 3.18. The molecular weight excluding hydrogens is 270 g/mol. The molecule has 104 valence electrons. The molecule has 0 unspecified atom stereocenters. The first kappa shape index (κ1) is 12.9. The molecule has 0 bridgehead atoms. The van der Waals surface area contributed by atoms with Crippen molar-refractivity contribution in [2.24, 2.45) is 0 Å². The van der Waals surface area contributed by atoms with Crippen LogP contribution in [0.4, 0.5) is 11.5 Å². The van der Waals surface area contributed by atoms with Gasteiger partial charge >= 0.3 is 5.69 Å². The Hall–Kier alpha value is -3.09. The van der Waals surface area contributed by atoms with E-state index in [2.05, 4.69) is 20.3 Å². The summed E-state index contributed by atoms with van der Waals surface area (Å²) in [5, 5.41) is 15.9. The van der Waals surface area contributed by atoms with Crippen LogP contribution in [-0.2, 0) is 0 Å². The normalized spacial score (nSPS) is 10.5. The third kappa shape index (κ3) is 2.14. The van der Waals surface area contributed by atoms with Crippen LogP contribution in [0.25, 0.3) is 22.0 Å². The van der Waals surface area contributed by atoms with E-state index in [1.165, 1.54) is 6.33 Å². The van der Waals surface area contributed by atoms with Gasteiger partial charge < -0.3 is 5.32 Å². The zero-order valence-electron chi connectivity index (χ0n) is 11.1. The zero-order valence-corrected chi connectivity index (χ0v) is 11.1. The molecule has 0 aliphatic rings. The van der Waals surface area contributed by atoms with Crippen molar-refractivity contribution in [1.29, 1.82) is 0 Å². The number of hydrogen-bond donors (Lipinski definition) is 1. The average molecular weight is 281 g/mol. The van der Waals surface area contributed by atoms with E-state index >= 15 is 0 Å². The van der Waals surface area contributed by atoms with E-state index < -0.39 is 4.92 Å². The molecule has 1 aromatic carbocycles. The quantitative estimate of drug-likeness (QED) is 0.586. The minimum Gasteiger partial charge on any atom is -0.367 e. The van der Waals surface area contributed by atoms with Crippen LogP contribution in [0, 0.1) is 10.1 Å². The van der Waals surface area contributed by atoms with Gasteiger partial charge in [0.2, 0.25) is 5.82 Å². The van der Waals surface area contributed by atoms with E-state index in [1.54, 1.807) is 25.5 Å². The van der Waals surface area contributed by atoms with Gasteiger partial charge in [-0.3, -0.25) is 15.1 Å².